The van der Waals surface area contributed by atoms with Gasteiger partial charge in [-0.25, -0.2) is 9.37 Å². The van der Waals surface area contributed by atoms with Crippen molar-refractivity contribution in [1.82, 2.24) is 4.98 Å². The fourth-order valence-electron chi connectivity index (χ4n) is 3.25. The first-order valence-electron chi connectivity index (χ1n) is 10.8. The number of halogens is 1. The Balaban J connectivity index is 1.54. The minimum atomic E-state index is -0.392. The Labute approximate surface area is 202 Å². The molecule has 0 aliphatic rings. The van der Waals surface area contributed by atoms with E-state index in [1.807, 2.05) is 42.5 Å². The number of hydrazone groups is 1. The molecule has 2 N–H and O–H groups in total. The smallest absolute Gasteiger partial charge is 0.256 e. The van der Waals surface area contributed by atoms with E-state index in [4.69, 9.17) is 0 Å². The van der Waals surface area contributed by atoms with E-state index in [1.165, 1.54) is 41.2 Å². The molecule has 5 nitrogen and oxygen atoms in total. The third-order valence-corrected chi connectivity index (χ3v) is 6.03. The topological polar surface area (TPSA) is 66.4 Å². The highest BCUT2D eigenvalue weighted by Gasteiger charge is 2.17. The van der Waals surface area contributed by atoms with E-state index >= 15 is 0 Å². The van der Waals surface area contributed by atoms with E-state index in [-0.39, 0.29) is 11.3 Å². The van der Waals surface area contributed by atoms with Gasteiger partial charge in [0.2, 0.25) is 5.13 Å². The van der Waals surface area contributed by atoms with Gasteiger partial charge < -0.3 is 5.32 Å². The van der Waals surface area contributed by atoms with Gasteiger partial charge in [0.25, 0.3) is 5.91 Å². The second-order valence-electron chi connectivity index (χ2n) is 8.77. The van der Waals surface area contributed by atoms with Crippen LogP contribution in [0.2, 0.25) is 0 Å². The van der Waals surface area contributed by atoms with Crippen LogP contribution in [0.3, 0.4) is 0 Å². The molecule has 0 aliphatic heterocycles. The van der Waals surface area contributed by atoms with Crippen LogP contribution in [0.5, 0.6) is 0 Å². The van der Waals surface area contributed by atoms with E-state index in [0.717, 1.165) is 11.1 Å². The first-order chi connectivity index (χ1) is 16.3. The molecular weight excluding hydrogens is 447 g/mol. The molecule has 172 valence electrons. The number of anilines is 2. The summed E-state index contributed by atoms with van der Waals surface area (Å²) in [4.78, 5) is 17.3. The summed E-state index contributed by atoms with van der Waals surface area (Å²) < 4.78 is 13.2. The number of hydrogen-bond donors (Lipinski definition) is 2. The average molecular weight is 473 g/mol. The Morgan fingerprint density at radius 3 is 2.29 bits per heavy atom. The number of thiazole rings is 1. The number of carbonyl (C=O) groups excluding carboxylic acids is 1. The summed E-state index contributed by atoms with van der Waals surface area (Å²) in [5, 5.41) is 8.33. The van der Waals surface area contributed by atoms with Crippen molar-refractivity contribution in [3.63, 3.8) is 0 Å². The molecule has 0 aliphatic carbocycles. The molecule has 0 unspecified atom stereocenters. The van der Waals surface area contributed by atoms with Crippen molar-refractivity contribution in [2.45, 2.75) is 26.2 Å². The molecule has 0 bridgehead atoms. The molecule has 0 spiro atoms. The summed E-state index contributed by atoms with van der Waals surface area (Å²) >= 11 is 1.28. The van der Waals surface area contributed by atoms with Crippen LogP contribution in [0.4, 0.5) is 14.5 Å². The number of nitrogens with one attached hydrogen (secondary N) is 2. The van der Waals surface area contributed by atoms with Gasteiger partial charge in [-0.2, -0.15) is 5.10 Å². The molecule has 0 radical (unpaired) electrons. The quantitative estimate of drug-likeness (QED) is 0.236. The molecule has 1 aromatic heterocycles. The zero-order valence-electron chi connectivity index (χ0n) is 19.2. The molecular formula is C27H25FN4OS. The molecule has 0 saturated carbocycles. The number of rotatable bonds is 6. The fraction of sp³-hybridized carbons (Fsp3) is 0.148. The van der Waals surface area contributed by atoms with Crippen LogP contribution < -0.4 is 10.7 Å². The molecule has 0 atom stereocenters. The molecule has 0 fully saturated rings. The molecule has 0 saturated heterocycles. The van der Waals surface area contributed by atoms with Crippen LogP contribution in [0, 0.1) is 5.82 Å². The minimum absolute atomic E-state index is 0.0946. The van der Waals surface area contributed by atoms with E-state index in [9.17, 15) is 9.18 Å². The Kier molecular flexibility index (Phi) is 6.84. The first kappa shape index (κ1) is 23.3. The highest BCUT2D eigenvalue weighted by molar-refractivity contribution is 7.20. The predicted octanol–water partition coefficient (Wildman–Crippen LogP) is 6.95. The summed E-state index contributed by atoms with van der Waals surface area (Å²) in [6.07, 6.45) is 1.73. The van der Waals surface area contributed by atoms with Crippen molar-refractivity contribution in [3.05, 3.63) is 101 Å². The second kappa shape index (κ2) is 9.97. The van der Waals surface area contributed by atoms with Crippen molar-refractivity contribution in [1.29, 1.82) is 0 Å². The van der Waals surface area contributed by atoms with Crippen molar-refractivity contribution in [3.8, 4) is 11.3 Å². The third kappa shape index (κ3) is 5.74. The lowest BCUT2D eigenvalue weighted by molar-refractivity contribution is 0.102. The Morgan fingerprint density at radius 1 is 0.971 bits per heavy atom. The van der Waals surface area contributed by atoms with Crippen LogP contribution in [0.15, 0.2) is 84.0 Å². The van der Waals surface area contributed by atoms with Crippen LogP contribution >= 0.6 is 11.3 Å². The summed E-state index contributed by atoms with van der Waals surface area (Å²) in [5.41, 5.74) is 7.14. The normalized spacial score (nSPS) is 11.5. The average Bonchev–Trinajstić information content (AvgIpc) is 3.22. The summed E-state index contributed by atoms with van der Waals surface area (Å²) in [6.45, 7) is 6.53. The Hall–Kier alpha value is -3.84. The largest absolute Gasteiger partial charge is 0.312 e. The number of nitrogens with zero attached hydrogens (tertiary/aromatic N) is 2. The van der Waals surface area contributed by atoms with Crippen molar-refractivity contribution in [2.24, 2.45) is 5.10 Å². The lowest BCUT2D eigenvalue weighted by atomic mass is 9.87. The number of amides is 1. The summed E-state index contributed by atoms with van der Waals surface area (Å²) in [5.74, 6) is -0.730. The second-order valence-corrected chi connectivity index (χ2v) is 9.76. The van der Waals surface area contributed by atoms with Crippen LogP contribution in [0.25, 0.3) is 11.3 Å². The van der Waals surface area contributed by atoms with Gasteiger partial charge in [0.15, 0.2) is 0 Å². The Bertz CT molecular complexity index is 1290. The summed E-state index contributed by atoms with van der Waals surface area (Å²) in [7, 11) is 0. The van der Waals surface area contributed by atoms with Gasteiger partial charge in [-0.05, 0) is 40.8 Å². The van der Waals surface area contributed by atoms with E-state index in [2.05, 4.69) is 53.7 Å². The van der Waals surface area contributed by atoms with Gasteiger partial charge in [0, 0.05) is 11.1 Å². The number of benzene rings is 3. The lowest BCUT2D eigenvalue weighted by Gasteiger charge is -2.18. The first-order valence-corrected chi connectivity index (χ1v) is 11.6. The third-order valence-electron chi connectivity index (χ3n) is 5.16. The van der Waals surface area contributed by atoms with E-state index in [0.29, 0.717) is 21.4 Å². The maximum absolute atomic E-state index is 13.2. The molecule has 3 aromatic carbocycles. The molecule has 4 aromatic rings. The van der Waals surface area contributed by atoms with Gasteiger partial charge in [0.05, 0.1) is 6.21 Å². The molecule has 7 heteroatoms. The zero-order valence-corrected chi connectivity index (χ0v) is 20.0. The van der Waals surface area contributed by atoms with Gasteiger partial charge in [0.1, 0.15) is 16.5 Å². The van der Waals surface area contributed by atoms with E-state index < -0.39 is 5.82 Å². The maximum atomic E-state index is 13.2. The van der Waals surface area contributed by atoms with Gasteiger partial charge in [-0.1, -0.05) is 86.7 Å². The van der Waals surface area contributed by atoms with Gasteiger partial charge in [-0.3, -0.25) is 10.2 Å². The van der Waals surface area contributed by atoms with Crippen molar-refractivity contribution >= 4 is 33.6 Å². The summed E-state index contributed by atoms with van der Waals surface area (Å²) in [6, 6.07) is 23.2. The van der Waals surface area contributed by atoms with Crippen LogP contribution in [-0.2, 0) is 5.41 Å². The number of hydrogen-bond acceptors (Lipinski definition) is 5. The number of carbonyl (C=O) groups is 1. The predicted molar refractivity (Wildman–Crippen MR) is 138 cm³/mol. The standard InChI is InChI=1S/C27H25FN4OS/c1-27(2,3)21-13-9-18(10-14-21)17-29-32-26-30-23(19-7-5-4-6-8-19)25(34-26)31-24(33)20-11-15-22(28)16-12-20/h4-17H,1-3H3,(H,30,32)(H,31,33)/b29-17+. The van der Waals surface area contributed by atoms with Crippen molar-refractivity contribution in [2.75, 3.05) is 10.7 Å². The maximum Gasteiger partial charge on any atom is 0.256 e. The number of aromatic nitrogens is 1. The van der Waals surface area contributed by atoms with Crippen molar-refractivity contribution < 1.29 is 9.18 Å². The minimum Gasteiger partial charge on any atom is -0.312 e. The van der Waals surface area contributed by atoms with E-state index in [1.54, 1.807) is 6.21 Å². The fourth-order valence-corrected chi connectivity index (χ4v) is 4.08. The molecule has 4 rings (SSSR count). The van der Waals surface area contributed by atoms with Gasteiger partial charge in [-0.15, -0.1) is 0 Å². The van der Waals surface area contributed by atoms with Gasteiger partial charge >= 0.3 is 0 Å². The van der Waals surface area contributed by atoms with Crippen LogP contribution in [-0.4, -0.2) is 17.1 Å². The monoisotopic (exact) mass is 472 g/mol. The molecule has 34 heavy (non-hydrogen) atoms. The highest BCUT2D eigenvalue weighted by atomic mass is 32.1. The molecule has 1 amide bonds. The lowest BCUT2D eigenvalue weighted by Crippen LogP contribution is -2.11. The zero-order chi connectivity index (χ0) is 24.1. The SMILES string of the molecule is CC(C)(C)c1ccc(/C=N/Nc2nc(-c3ccccc3)c(NC(=O)c3ccc(F)cc3)s2)cc1. The van der Waals surface area contributed by atoms with Crippen LogP contribution in [0.1, 0.15) is 42.3 Å². The highest BCUT2D eigenvalue weighted by Crippen LogP contribution is 2.36. The molecule has 1 heterocycles. The Morgan fingerprint density at radius 2 is 1.65 bits per heavy atom.